The molecule has 6 nitrogen and oxygen atoms in total. The predicted molar refractivity (Wildman–Crippen MR) is 75.4 cm³/mol. The fourth-order valence-corrected chi connectivity index (χ4v) is 2.77. The van der Waals surface area contributed by atoms with Gasteiger partial charge in [-0.3, -0.25) is 4.79 Å². The Morgan fingerprint density at radius 2 is 1.81 bits per heavy atom. The quantitative estimate of drug-likeness (QED) is 0.806. The maximum atomic E-state index is 11.8. The Balaban J connectivity index is 1.88. The zero-order chi connectivity index (χ0) is 15.3. The molecule has 0 unspecified atom stereocenters. The average molecular weight is 309 g/mol. The highest BCUT2D eigenvalue weighted by molar-refractivity contribution is 7.89. The highest BCUT2D eigenvalue weighted by atomic mass is 32.2. The van der Waals surface area contributed by atoms with Crippen LogP contribution < -0.4 is 4.72 Å². The Bertz CT molecular complexity index is 689. The van der Waals surface area contributed by atoms with Crippen molar-refractivity contribution in [3.63, 3.8) is 0 Å². The first-order valence-corrected chi connectivity index (χ1v) is 7.77. The van der Waals surface area contributed by atoms with Crippen LogP contribution >= 0.6 is 0 Å². The summed E-state index contributed by atoms with van der Waals surface area (Å²) in [4.78, 5) is 10.7. The summed E-state index contributed by atoms with van der Waals surface area (Å²) in [7, 11) is -3.53. The summed E-state index contributed by atoms with van der Waals surface area (Å²) in [5.74, 6) is -0.879. The lowest BCUT2D eigenvalue weighted by molar-refractivity contribution is -0.136. The number of nitrogens with one attached hydrogen (secondary N) is 1. The van der Waals surface area contributed by atoms with Gasteiger partial charge in [0.05, 0.1) is 12.7 Å². The predicted octanol–water partition coefficient (Wildman–Crippen LogP) is 1.43. The summed E-state index contributed by atoms with van der Waals surface area (Å²) in [6, 6.07) is 8.43. The molecule has 0 aliphatic carbocycles. The number of rotatable bonds is 7. The number of benzene rings is 1. The monoisotopic (exact) mass is 309 g/mol. The molecule has 0 spiro atoms. The van der Waals surface area contributed by atoms with E-state index in [4.69, 9.17) is 9.52 Å². The molecular formula is C14H15NO5S. The fraction of sp³-hybridized carbons (Fsp3) is 0.214. The first-order chi connectivity index (χ1) is 9.97. The first kappa shape index (κ1) is 15.3. The summed E-state index contributed by atoms with van der Waals surface area (Å²) >= 11 is 0. The molecule has 7 heteroatoms. The smallest absolute Gasteiger partial charge is 0.307 e. The molecular weight excluding hydrogens is 294 g/mol. The van der Waals surface area contributed by atoms with Gasteiger partial charge in [-0.15, -0.1) is 0 Å². The third-order valence-corrected chi connectivity index (χ3v) is 4.33. The highest BCUT2D eigenvalue weighted by Gasteiger charge is 2.14. The van der Waals surface area contributed by atoms with Gasteiger partial charge in [0, 0.05) is 6.54 Å². The van der Waals surface area contributed by atoms with Gasteiger partial charge in [0.1, 0.15) is 11.2 Å². The van der Waals surface area contributed by atoms with E-state index in [0.717, 1.165) is 5.56 Å². The Labute approximate surface area is 122 Å². The Kier molecular flexibility index (Phi) is 4.77. The number of carboxylic acid groups (broad SMARTS) is 1. The third kappa shape index (κ3) is 4.44. The van der Waals surface area contributed by atoms with E-state index in [-0.39, 0.29) is 17.9 Å². The van der Waals surface area contributed by atoms with Crippen molar-refractivity contribution in [1.29, 1.82) is 0 Å². The molecule has 21 heavy (non-hydrogen) atoms. The van der Waals surface area contributed by atoms with Crippen LogP contribution in [0.3, 0.4) is 0 Å². The molecule has 0 aliphatic rings. The van der Waals surface area contributed by atoms with Crippen molar-refractivity contribution in [3.05, 3.63) is 54.0 Å². The SMILES string of the molecule is O=C(O)Cc1ccc(CCNS(=O)(=O)c2ccoc2)cc1. The molecule has 0 fully saturated rings. The maximum Gasteiger partial charge on any atom is 0.307 e. The maximum absolute atomic E-state index is 11.8. The average Bonchev–Trinajstić information content (AvgIpc) is 2.95. The van der Waals surface area contributed by atoms with Crippen LogP contribution in [0.4, 0.5) is 0 Å². The van der Waals surface area contributed by atoms with Crippen molar-refractivity contribution < 1.29 is 22.7 Å². The summed E-state index contributed by atoms with van der Waals surface area (Å²) in [6.45, 7) is 0.256. The van der Waals surface area contributed by atoms with E-state index in [0.29, 0.717) is 12.0 Å². The molecule has 0 saturated carbocycles. The minimum Gasteiger partial charge on any atom is -0.481 e. The molecule has 2 N–H and O–H groups in total. The topological polar surface area (TPSA) is 96.6 Å². The van der Waals surface area contributed by atoms with Crippen molar-refractivity contribution in [2.75, 3.05) is 6.54 Å². The Morgan fingerprint density at radius 1 is 1.14 bits per heavy atom. The fourth-order valence-electron chi connectivity index (χ4n) is 1.82. The molecule has 0 radical (unpaired) electrons. The lowest BCUT2D eigenvalue weighted by Gasteiger charge is -2.05. The lowest BCUT2D eigenvalue weighted by atomic mass is 10.1. The summed E-state index contributed by atoms with van der Waals surface area (Å²) in [5.41, 5.74) is 1.64. The molecule has 2 aromatic rings. The highest BCUT2D eigenvalue weighted by Crippen LogP contribution is 2.09. The van der Waals surface area contributed by atoms with Crippen LogP contribution in [0, 0.1) is 0 Å². The molecule has 112 valence electrons. The van der Waals surface area contributed by atoms with E-state index < -0.39 is 16.0 Å². The van der Waals surface area contributed by atoms with Crippen LogP contribution in [-0.2, 0) is 27.7 Å². The van der Waals surface area contributed by atoms with Gasteiger partial charge >= 0.3 is 5.97 Å². The number of carboxylic acids is 1. The zero-order valence-electron chi connectivity index (χ0n) is 11.2. The van der Waals surface area contributed by atoms with E-state index in [1.165, 1.54) is 18.6 Å². The van der Waals surface area contributed by atoms with Crippen molar-refractivity contribution in [2.24, 2.45) is 0 Å². The van der Waals surface area contributed by atoms with Gasteiger partial charge in [-0.25, -0.2) is 13.1 Å². The van der Waals surface area contributed by atoms with Crippen LogP contribution in [0.5, 0.6) is 0 Å². The van der Waals surface area contributed by atoms with Gasteiger partial charge in [0.25, 0.3) is 0 Å². The number of sulfonamides is 1. The van der Waals surface area contributed by atoms with Crippen molar-refractivity contribution in [1.82, 2.24) is 4.72 Å². The molecule has 0 atom stereocenters. The van der Waals surface area contributed by atoms with E-state index in [9.17, 15) is 13.2 Å². The molecule has 2 rings (SSSR count). The minimum atomic E-state index is -3.53. The van der Waals surface area contributed by atoms with Crippen LogP contribution in [0.25, 0.3) is 0 Å². The summed E-state index contributed by atoms with van der Waals surface area (Å²) in [6.07, 6.45) is 2.97. The summed E-state index contributed by atoms with van der Waals surface area (Å²) in [5, 5.41) is 8.67. The molecule has 0 aliphatic heterocycles. The second kappa shape index (κ2) is 6.55. The van der Waals surface area contributed by atoms with Gasteiger partial charge in [-0.05, 0) is 23.6 Å². The standard InChI is InChI=1S/C14H15NO5S/c16-14(17)9-12-3-1-11(2-4-12)5-7-15-21(18,19)13-6-8-20-10-13/h1-4,6,8,10,15H,5,7,9H2,(H,16,17). The molecule has 0 bridgehead atoms. The largest absolute Gasteiger partial charge is 0.481 e. The minimum absolute atomic E-state index is 0.0204. The number of hydrogen-bond donors (Lipinski definition) is 2. The lowest BCUT2D eigenvalue weighted by Crippen LogP contribution is -2.25. The van der Waals surface area contributed by atoms with Gasteiger partial charge in [-0.1, -0.05) is 24.3 Å². The van der Waals surface area contributed by atoms with E-state index >= 15 is 0 Å². The molecule has 0 saturated heterocycles. The second-order valence-electron chi connectivity index (χ2n) is 4.49. The number of carbonyl (C=O) groups is 1. The molecule has 1 aromatic carbocycles. The van der Waals surface area contributed by atoms with E-state index in [2.05, 4.69) is 4.72 Å². The Hall–Kier alpha value is -2.12. The van der Waals surface area contributed by atoms with Crippen LogP contribution in [0.2, 0.25) is 0 Å². The summed E-state index contributed by atoms with van der Waals surface area (Å²) < 4.78 is 30.9. The van der Waals surface area contributed by atoms with Crippen LogP contribution in [-0.4, -0.2) is 26.0 Å². The Morgan fingerprint density at radius 3 is 2.38 bits per heavy atom. The third-order valence-electron chi connectivity index (χ3n) is 2.89. The number of hydrogen-bond acceptors (Lipinski definition) is 4. The van der Waals surface area contributed by atoms with Crippen molar-refractivity contribution in [2.45, 2.75) is 17.7 Å². The number of furan rings is 1. The first-order valence-electron chi connectivity index (χ1n) is 6.29. The van der Waals surface area contributed by atoms with E-state index in [1.807, 2.05) is 0 Å². The van der Waals surface area contributed by atoms with Crippen molar-refractivity contribution >= 4 is 16.0 Å². The number of aliphatic carboxylic acids is 1. The van der Waals surface area contributed by atoms with Crippen LogP contribution in [0.15, 0.2) is 52.2 Å². The van der Waals surface area contributed by atoms with Gasteiger partial charge in [0.15, 0.2) is 0 Å². The van der Waals surface area contributed by atoms with Crippen LogP contribution in [0.1, 0.15) is 11.1 Å². The molecule has 0 amide bonds. The van der Waals surface area contributed by atoms with E-state index in [1.54, 1.807) is 24.3 Å². The normalized spacial score (nSPS) is 11.4. The molecule has 1 heterocycles. The second-order valence-corrected chi connectivity index (χ2v) is 6.26. The van der Waals surface area contributed by atoms with Gasteiger partial charge in [0.2, 0.25) is 10.0 Å². The zero-order valence-corrected chi connectivity index (χ0v) is 12.0. The molecule has 1 aromatic heterocycles. The van der Waals surface area contributed by atoms with Crippen molar-refractivity contribution in [3.8, 4) is 0 Å². The van der Waals surface area contributed by atoms with Gasteiger partial charge in [-0.2, -0.15) is 0 Å². The van der Waals surface area contributed by atoms with Gasteiger partial charge < -0.3 is 9.52 Å².